The molecule has 166 valence electrons. The van der Waals surface area contributed by atoms with Crippen LogP contribution >= 0.6 is 0 Å². The molecule has 8 heteroatoms. The summed E-state index contributed by atoms with van der Waals surface area (Å²) >= 11 is 0. The molecular formula is C24H27N5O3. The second-order valence-corrected chi connectivity index (χ2v) is 8.71. The molecule has 8 nitrogen and oxygen atoms in total. The van der Waals surface area contributed by atoms with Crippen molar-refractivity contribution in [3.05, 3.63) is 46.7 Å². The van der Waals surface area contributed by atoms with Crippen molar-refractivity contribution in [3.63, 3.8) is 0 Å². The second kappa shape index (κ2) is 8.18. The normalized spacial score (nSPS) is 20.8. The first-order valence-corrected chi connectivity index (χ1v) is 11.5. The first kappa shape index (κ1) is 19.7. The van der Waals surface area contributed by atoms with Crippen molar-refractivity contribution in [1.29, 1.82) is 0 Å². The number of hydrogen-bond acceptors (Lipinski definition) is 6. The van der Waals surface area contributed by atoms with Crippen LogP contribution in [0.1, 0.15) is 31.2 Å². The molecule has 3 aliphatic rings. The Morgan fingerprint density at radius 2 is 2.00 bits per heavy atom. The number of aromatic nitrogens is 4. The van der Waals surface area contributed by atoms with Crippen LogP contribution in [0.3, 0.4) is 0 Å². The number of fused-ring (bicyclic) bond motifs is 2. The Bertz CT molecular complexity index is 1250. The van der Waals surface area contributed by atoms with Crippen LogP contribution in [0.15, 0.2) is 35.4 Å². The highest BCUT2D eigenvalue weighted by molar-refractivity contribution is 5.81. The number of nitrogens with one attached hydrogen (secondary N) is 1. The average Bonchev–Trinajstić information content (AvgIpc) is 3.42. The molecule has 1 saturated heterocycles. The Morgan fingerprint density at radius 3 is 2.84 bits per heavy atom. The fourth-order valence-electron chi connectivity index (χ4n) is 4.93. The number of pyridine rings is 2. The predicted molar refractivity (Wildman–Crippen MR) is 123 cm³/mol. The van der Waals surface area contributed by atoms with E-state index in [4.69, 9.17) is 14.5 Å². The minimum atomic E-state index is -0.141. The van der Waals surface area contributed by atoms with Gasteiger partial charge >= 0.3 is 5.69 Å². The summed E-state index contributed by atoms with van der Waals surface area (Å²) in [4.78, 5) is 22.9. The number of hydrogen-bond donors (Lipinski definition) is 1. The molecule has 32 heavy (non-hydrogen) atoms. The molecule has 1 atom stereocenters. The fourth-order valence-corrected chi connectivity index (χ4v) is 4.93. The van der Waals surface area contributed by atoms with E-state index in [1.165, 1.54) is 12.0 Å². The van der Waals surface area contributed by atoms with Crippen molar-refractivity contribution >= 4 is 22.7 Å². The van der Waals surface area contributed by atoms with Gasteiger partial charge in [-0.05, 0) is 49.8 Å². The van der Waals surface area contributed by atoms with Gasteiger partial charge in [-0.25, -0.2) is 19.3 Å². The average molecular weight is 434 g/mol. The van der Waals surface area contributed by atoms with E-state index in [1.807, 2.05) is 17.0 Å². The molecule has 5 heterocycles. The van der Waals surface area contributed by atoms with Gasteiger partial charge in [-0.2, -0.15) is 0 Å². The second-order valence-electron chi connectivity index (χ2n) is 8.71. The molecule has 1 N–H and O–H groups in total. The molecule has 0 aromatic carbocycles. The van der Waals surface area contributed by atoms with Crippen LogP contribution in [0.5, 0.6) is 0 Å². The molecule has 6 rings (SSSR count). The largest absolute Gasteiger partial charge is 0.376 e. The summed E-state index contributed by atoms with van der Waals surface area (Å²) in [5, 5.41) is 3.30. The van der Waals surface area contributed by atoms with Crippen molar-refractivity contribution in [3.8, 4) is 11.1 Å². The monoisotopic (exact) mass is 433 g/mol. The van der Waals surface area contributed by atoms with Crippen molar-refractivity contribution < 1.29 is 9.47 Å². The summed E-state index contributed by atoms with van der Waals surface area (Å²) < 4.78 is 15.0. The van der Waals surface area contributed by atoms with Gasteiger partial charge in [0.2, 0.25) is 0 Å². The van der Waals surface area contributed by atoms with Gasteiger partial charge in [-0.1, -0.05) is 6.08 Å². The number of anilines is 1. The van der Waals surface area contributed by atoms with Crippen molar-refractivity contribution in [2.45, 2.75) is 44.8 Å². The third-order valence-corrected chi connectivity index (χ3v) is 6.58. The molecule has 0 saturated carbocycles. The van der Waals surface area contributed by atoms with Gasteiger partial charge in [0, 0.05) is 35.8 Å². The van der Waals surface area contributed by atoms with Crippen LogP contribution in [-0.4, -0.2) is 51.6 Å². The first-order valence-electron chi connectivity index (χ1n) is 11.5. The SMILES string of the molecule is O=c1n(C[C@H]2COCCO2)c2cc(-c3cnc4c(c3)CCN4)cnc2n1C1=CCCCC1. The minimum Gasteiger partial charge on any atom is -0.376 e. The Balaban J connectivity index is 1.48. The zero-order chi connectivity index (χ0) is 21.5. The highest BCUT2D eigenvalue weighted by atomic mass is 16.6. The lowest BCUT2D eigenvalue weighted by molar-refractivity contribution is -0.0935. The van der Waals surface area contributed by atoms with Crippen molar-refractivity contribution in [2.24, 2.45) is 0 Å². The topological polar surface area (TPSA) is 83.2 Å². The Kier molecular flexibility index (Phi) is 5.04. The smallest absolute Gasteiger partial charge is 0.334 e. The molecule has 0 amide bonds. The number of nitrogens with zero attached hydrogens (tertiary/aromatic N) is 4. The highest BCUT2D eigenvalue weighted by Gasteiger charge is 2.23. The number of allylic oxidation sites excluding steroid dienone is 2. The standard InChI is InChI=1S/C24H27N5O3/c30-24-28(14-20-15-31-8-9-32-20)21-11-18(17-10-16-6-7-25-22(16)26-12-17)13-27-23(21)29(24)19-4-2-1-3-5-19/h4,10-13,20H,1-3,5-9,14-15H2,(H,25,26)/t20-/m0/s1. The van der Waals surface area contributed by atoms with Crippen molar-refractivity contribution in [1.82, 2.24) is 19.1 Å². The fraction of sp³-hybridized carbons (Fsp3) is 0.458. The maximum absolute atomic E-state index is 13.6. The van der Waals surface area contributed by atoms with Gasteiger partial charge < -0.3 is 14.8 Å². The van der Waals surface area contributed by atoms with Gasteiger partial charge in [0.05, 0.1) is 38.0 Å². The Labute approximate surface area is 185 Å². The maximum Gasteiger partial charge on any atom is 0.334 e. The molecular weight excluding hydrogens is 406 g/mol. The lowest BCUT2D eigenvalue weighted by atomic mass is 10.0. The van der Waals surface area contributed by atoms with E-state index in [0.717, 1.165) is 60.4 Å². The van der Waals surface area contributed by atoms with Gasteiger partial charge in [-0.15, -0.1) is 0 Å². The molecule has 0 radical (unpaired) electrons. The Hall–Kier alpha value is -2.97. The predicted octanol–water partition coefficient (Wildman–Crippen LogP) is 3.06. The summed E-state index contributed by atoms with van der Waals surface area (Å²) in [5.74, 6) is 0.963. The lowest BCUT2D eigenvalue weighted by Crippen LogP contribution is -2.36. The summed E-state index contributed by atoms with van der Waals surface area (Å²) in [6.45, 7) is 3.03. The molecule has 2 aliphatic heterocycles. The van der Waals surface area contributed by atoms with E-state index >= 15 is 0 Å². The minimum absolute atomic E-state index is 0.0525. The van der Waals surface area contributed by atoms with Crippen LogP contribution in [0.4, 0.5) is 5.82 Å². The molecule has 0 unspecified atom stereocenters. The molecule has 0 bridgehead atoms. The van der Waals surface area contributed by atoms with E-state index < -0.39 is 0 Å². The quantitative estimate of drug-likeness (QED) is 0.681. The van der Waals surface area contributed by atoms with Crippen LogP contribution < -0.4 is 11.0 Å². The van der Waals surface area contributed by atoms with Gasteiger partial charge in [0.15, 0.2) is 5.65 Å². The van der Waals surface area contributed by atoms with Gasteiger partial charge in [0.1, 0.15) is 5.82 Å². The first-order chi connectivity index (χ1) is 15.8. The number of ether oxygens (including phenoxy) is 2. The van der Waals surface area contributed by atoms with Crippen LogP contribution in [0.2, 0.25) is 0 Å². The van der Waals surface area contributed by atoms with Gasteiger partial charge in [0.25, 0.3) is 0 Å². The van der Waals surface area contributed by atoms with E-state index in [0.29, 0.717) is 32.0 Å². The number of rotatable bonds is 4. The number of imidazole rings is 1. The van der Waals surface area contributed by atoms with Crippen LogP contribution in [0.25, 0.3) is 28.0 Å². The van der Waals surface area contributed by atoms with E-state index in [9.17, 15) is 4.79 Å². The molecule has 1 aliphatic carbocycles. The summed E-state index contributed by atoms with van der Waals surface area (Å²) in [5.41, 5.74) is 5.73. The Morgan fingerprint density at radius 1 is 1.09 bits per heavy atom. The van der Waals surface area contributed by atoms with E-state index in [-0.39, 0.29) is 11.8 Å². The third-order valence-electron chi connectivity index (χ3n) is 6.58. The van der Waals surface area contributed by atoms with Gasteiger partial charge in [-0.3, -0.25) is 4.57 Å². The molecule has 1 fully saturated rings. The van der Waals surface area contributed by atoms with E-state index in [2.05, 4.69) is 28.5 Å². The molecule has 3 aromatic rings. The summed E-state index contributed by atoms with van der Waals surface area (Å²) in [6.07, 6.45) is 10.9. The summed E-state index contributed by atoms with van der Waals surface area (Å²) in [7, 11) is 0. The maximum atomic E-state index is 13.6. The highest BCUT2D eigenvalue weighted by Crippen LogP contribution is 2.29. The van der Waals surface area contributed by atoms with Crippen molar-refractivity contribution in [2.75, 3.05) is 31.7 Å². The summed E-state index contributed by atoms with van der Waals surface area (Å²) in [6, 6.07) is 4.24. The molecule has 0 spiro atoms. The van der Waals surface area contributed by atoms with Crippen LogP contribution in [0, 0.1) is 0 Å². The van der Waals surface area contributed by atoms with E-state index in [1.54, 1.807) is 4.57 Å². The third kappa shape index (κ3) is 3.43. The van der Waals surface area contributed by atoms with Crippen LogP contribution in [-0.2, 0) is 22.4 Å². The zero-order valence-corrected chi connectivity index (χ0v) is 18.0. The molecule has 3 aromatic heterocycles. The lowest BCUT2D eigenvalue weighted by Gasteiger charge is -2.23. The zero-order valence-electron chi connectivity index (χ0n) is 18.0.